The van der Waals surface area contributed by atoms with Gasteiger partial charge in [-0.25, -0.2) is 0 Å². The van der Waals surface area contributed by atoms with E-state index >= 15 is 0 Å². The van der Waals surface area contributed by atoms with Gasteiger partial charge in [-0.05, 0) is 12.3 Å². The number of methoxy groups -OCH3 is 1. The van der Waals surface area contributed by atoms with Crippen molar-refractivity contribution < 1.29 is 14.3 Å². The smallest absolute Gasteiger partial charge is 0.309 e. The first-order valence-electron chi connectivity index (χ1n) is 4.79. The van der Waals surface area contributed by atoms with Crippen LogP contribution in [0.4, 0.5) is 0 Å². The lowest BCUT2D eigenvalue weighted by Gasteiger charge is -2.15. The van der Waals surface area contributed by atoms with Crippen molar-refractivity contribution in [3.63, 3.8) is 0 Å². The van der Waals surface area contributed by atoms with Crippen molar-refractivity contribution in [3.05, 3.63) is 0 Å². The number of hydrogen-bond acceptors (Lipinski definition) is 3. The molecule has 82 valence electrons. The van der Waals surface area contributed by atoms with E-state index in [4.69, 9.17) is 0 Å². The Kier molecular flexibility index (Phi) is 5.92. The lowest BCUT2D eigenvalue weighted by Crippen LogP contribution is -2.27. The third-order valence-corrected chi connectivity index (χ3v) is 2.00. The van der Waals surface area contributed by atoms with Gasteiger partial charge in [0.05, 0.1) is 13.0 Å². The second-order valence-electron chi connectivity index (χ2n) is 3.73. The Morgan fingerprint density at radius 2 is 1.93 bits per heavy atom. The minimum absolute atomic E-state index is 0.124. The van der Waals surface area contributed by atoms with Crippen LogP contribution in [0, 0.1) is 11.8 Å². The summed E-state index contributed by atoms with van der Waals surface area (Å²) in [6.45, 7) is 4.03. The fraction of sp³-hybridized carbons (Fsp3) is 0.800. The molecule has 0 saturated heterocycles. The van der Waals surface area contributed by atoms with Crippen molar-refractivity contribution in [2.75, 3.05) is 14.2 Å². The van der Waals surface area contributed by atoms with Gasteiger partial charge in [-0.15, -0.1) is 0 Å². The Bertz CT molecular complexity index is 202. The van der Waals surface area contributed by atoms with Crippen molar-refractivity contribution in [3.8, 4) is 0 Å². The third kappa shape index (κ3) is 4.84. The van der Waals surface area contributed by atoms with Gasteiger partial charge in [0.25, 0.3) is 0 Å². The molecule has 0 radical (unpaired) electrons. The van der Waals surface area contributed by atoms with Crippen LogP contribution >= 0.6 is 0 Å². The number of carbonyl (C=O) groups excluding carboxylic acids is 2. The molecular weight excluding hydrogens is 182 g/mol. The van der Waals surface area contributed by atoms with Gasteiger partial charge in [0, 0.05) is 13.5 Å². The van der Waals surface area contributed by atoms with Gasteiger partial charge in [0.1, 0.15) is 0 Å². The summed E-state index contributed by atoms with van der Waals surface area (Å²) in [7, 11) is 2.91. The zero-order valence-corrected chi connectivity index (χ0v) is 9.29. The average molecular weight is 201 g/mol. The number of rotatable bonds is 5. The molecule has 1 N–H and O–H groups in total. The van der Waals surface area contributed by atoms with Gasteiger partial charge in [0.2, 0.25) is 5.91 Å². The summed E-state index contributed by atoms with van der Waals surface area (Å²) < 4.78 is 4.64. The lowest BCUT2D eigenvalue weighted by atomic mass is 9.94. The molecule has 0 aliphatic carbocycles. The molecule has 0 saturated carbocycles. The molecule has 0 spiro atoms. The van der Waals surface area contributed by atoms with E-state index in [0.29, 0.717) is 12.3 Å². The Morgan fingerprint density at radius 1 is 1.36 bits per heavy atom. The number of carbonyl (C=O) groups is 2. The SMILES string of the molecule is CNC(=O)CC(CC(C)C)C(=O)OC. The van der Waals surface area contributed by atoms with E-state index in [9.17, 15) is 9.59 Å². The molecule has 0 aromatic heterocycles. The maximum absolute atomic E-state index is 11.3. The minimum atomic E-state index is -0.319. The van der Waals surface area contributed by atoms with Crippen molar-refractivity contribution in [2.24, 2.45) is 11.8 Å². The first-order valence-corrected chi connectivity index (χ1v) is 4.79. The van der Waals surface area contributed by atoms with Crippen LogP contribution in [0.15, 0.2) is 0 Å². The molecule has 0 fully saturated rings. The fourth-order valence-corrected chi connectivity index (χ4v) is 1.32. The van der Waals surface area contributed by atoms with Gasteiger partial charge in [-0.3, -0.25) is 9.59 Å². The van der Waals surface area contributed by atoms with Crippen LogP contribution in [-0.4, -0.2) is 26.0 Å². The van der Waals surface area contributed by atoms with E-state index in [1.165, 1.54) is 7.11 Å². The first kappa shape index (κ1) is 12.9. The second-order valence-corrected chi connectivity index (χ2v) is 3.73. The molecule has 4 nitrogen and oxygen atoms in total. The molecule has 4 heteroatoms. The highest BCUT2D eigenvalue weighted by atomic mass is 16.5. The number of hydrogen-bond donors (Lipinski definition) is 1. The maximum Gasteiger partial charge on any atom is 0.309 e. The highest BCUT2D eigenvalue weighted by molar-refractivity contribution is 5.82. The Labute approximate surface area is 85.0 Å². The third-order valence-electron chi connectivity index (χ3n) is 2.00. The van der Waals surface area contributed by atoms with Crippen molar-refractivity contribution in [1.82, 2.24) is 5.32 Å². The van der Waals surface area contributed by atoms with Gasteiger partial charge in [-0.1, -0.05) is 13.8 Å². The number of esters is 1. The van der Waals surface area contributed by atoms with Gasteiger partial charge in [-0.2, -0.15) is 0 Å². The number of amides is 1. The van der Waals surface area contributed by atoms with Crippen LogP contribution < -0.4 is 5.32 Å². The summed E-state index contributed by atoms with van der Waals surface area (Å²) in [4.78, 5) is 22.4. The quantitative estimate of drug-likeness (QED) is 0.674. The summed E-state index contributed by atoms with van der Waals surface area (Å²) in [5, 5.41) is 2.50. The Morgan fingerprint density at radius 3 is 2.29 bits per heavy atom. The van der Waals surface area contributed by atoms with Gasteiger partial charge < -0.3 is 10.1 Å². The lowest BCUT2D eigenvalue weighted by molar-refractivity contribution is -0.148. The highest BCUT2D eigenvalue weighted by Crippen LogP contribution is 2.16. The Balaban J connectivity index is 4.24. The molecule has 0 bridgehead atoms. The second kappa shape index (κ2) is 6.40. The number of ether oxygens (including phenoxy) is 1. The van der Waals surface area contributed by atoms with E-state index < -0.39 is 0 Å². The Hall–Kier alpha value is -1.06. The van der Waals surface area contributed by atoms with Crippen LogP contribution in [0.25, 0.3) is 0 Å². The minimum Gasteiger partial charge on any atom is -0.469 e. The summed E-state index contributed by atoms with van der Waals surface area (Å²) in [5.74, 6) is -0.368. The van der Waals surface area contributed by atoms with Crippen LogP contribution in [0.1, 0.15) is 26.7 Å². The fourth-order valence-electron chi connectivity index (χ4n) is 1.32. The molecule has 0 aliphatic heterocycles. The zero-order chi connectivity index (χ0) is 11.1. The monoisotopic (exact) mass is 201 g/mol. The molecule has 0 aromatic rings. The predicted octanol–water partition coefficient (Wildman–Crippen LogP) is 0.958. The van der Waals surface area contributed by atoms with E-state index in [1.54, 1.807) is 7.05 Å². The molecule has 1 amide bonds. The number of nitrogens with one attached hydrogen (secondary N) is 1. The summed E-state index contributed by atoms with van der Waals surface area (Å²) >= 11 is 0. The standard InChI is InChI=1S/C10H19NO3/c1-7(2)5-8(10(13)14-4)6-9(12)11-3/h7-8H,5-6H2,1-4H3,(H,11,12). The van der Waals surface area contributed by atoms with E-state index in [2.05, 4.69) is 10.1 Å². The summed E-state index contributed by atoms with van der Waals surface area (Å²) in [5.41, 5.74) is 0. The molecule has 0 heterocycles. The zero-order valence-electron chi connectivity index (χ0n) is 9.29. The topological polar surface area (TPSA) is 55.4 Å². The average Bonchev–Trinajstić information content (AvgIpc) is 2.14. The largest absolute Gasteiger partial charge is 0.469 e. The van der Waals surface area contributed by atoms with Crippen molar-refractivity contribution >= 4 is 11.9 Å². The van der Waals surface area contributed by atoms with Crippen LogP contribution in [0.3, 0.4) is 0 Å². The predicted molar refractivity (Wildman–Crippen MR) is 53.6 cm³/mol. The normalized spacial score (nSPS) is 12.4. The van der Waals surface area contributed by atoms with E-state index in [0.717, 1.165) is 0 Å². The molecule has 14 heavy (non-hydrogen) atoms. The molecule has 0 rings (SSSR count). The molecule has 1 atom stereocenters. The van der Waals surface area contributed by atoms with Crippen LogP contribution in [0.2, 0.25) is 0 Å². The van der Waals surface area contributed by atoms with Crippen LogP contribution in [0.5, 0.6) is 0 Å². The van der Waals surface area contributed by atoms with Crippen molar-refractivity contribution in [2.45, 2.75) is 26.7 Å². The van der Waals surface area contributed by atoms with E-state index in [1.807, 2.05) is 13.8 Å². The van der Waals surface area contributed by atoms with Gasteiger partial charge >= 0.3 is 5.97 Å². The first-order chi connectivity index (χ1) is 6.51. The molecule has 0 aromatic carbocycles. The van der Waals surface area contributed by atoms with Crippen LogP contribution in [-0.2, 0) is 14.3 Å². The highest BCUT2D eigenvalue weighted by Gasteiger charge is 2.22. The molecule has 1 unspecified atom stereocenters. The summed E-state index contributed by atoms with van der Waals surface area (Å²) in [6, 6.07) is 0. The van der Waals surface area contributed by atoms with E-state index in [-0.39, 0.29) is 24.2 Å². The molecular formula is C10H19NO3. The van der Waals surface area contributed by atoms with Gasteiger partial charge in [0.15, 0.2) is 0 Å². The molecule has 0 aliphatic rings. The maximum atomic E-state index is 11.3. The van der Waals surface area contributed by atoms with Crippen molar-refractivity contribution in [1.29, 1.82) is 0 Å². The summed E-state index contributed by atoms with van der Waals surface area (Å²) in [6.07, 6.45) is 0.890.